The van der Waals surface area contributed by atoms with E-state index in [0.29, 0.717) is 6.04 Å². The van der Waals surface area contributed by atoms with E-state index in [-0.39, 0.29) is 0 Å². The molecule has 0 amide bonds. The zero-order valence-electron chi connectivity index (χ0n) is 12.7. The van der Waals surface area contributed by atoms with Crippen LogP contribution in [0.2, 0.25) is 0 Å². The third-order valence-electron chi connectivity index (χ3n) is 4.13. The first kappa shape index (κ1) is 15.2. The molecule has 0 aromatic heterocycles. The van der Waals surface area contributed by atoms with Gasteiger partial charge in [0.2, 0.25) is 0 Å². The normalized spacial score (nSPS) is 21.9. The van der Waals surface area contributed by atoms with Gasteiger partial charge in [-0.15, -0.1) is 0 Å². The second-order valence-electron chi connectivity index (χ2n) is 5.56. The molecule has 2 atom stereocenters. The molecule has 0 spiro atoms. The summed E-state index contributed by atoms with van der Waals surface area (Å²) in [5, 5.41) is 3.67. The first-order valence-electron chi connectivity index (χ1n) is 7.83. The number of benzene rings is 1. The lowest BCUT2D eigenvalue weighted by Crippen LogP contribution is -2.33. The van der Waals surface area contributed by atoms with Gasteiger partial charge in [-0.3, -0.25) is 0 Å². The topological polar surface area (TPSA) is 30.5 Å². The Hall–Kier alpha value is -1.22. The molecular weight excluding hydrogens is 250 g/mol. The SMILES string of the molecule is CCCNC1CCCC1CCOc1ccc(OC)cc1. The summed E-state index contributed by atoms with van der Waals surface area (Å²) in [6.45, 7) is 4.17. The number of hydrogen-bond donors (Lipinski definition) is 1. The van der Waals surface area contributed by atoms with Crippen LogP contribution in [-0.2, 0) is 0 Å². The smallest absolute Gasteiger partial charge is 0.119 e. The van der Waals surface area contributed by atoms with Crippen LogP contribution in [0.1, 0.15) is 39.0 Å². The second-order valence-corrected chi connectivity index (χ2v) is 5.56. The fraction of sp³-hybridized carbons (Fsp3) is 0.647. The average molecular weight is 277 g/mol. The van der Waals surface area contributed by atoms with E-state index in [1.807, 2.05) is 24.3 Å². The van der Waals surface area contributed by atoms with Crippen LogP contribution in [-0.4, -0.2) is 26.3 Å². The Bertz CT molecular complexity index is 377. The Balaban J connectivity index is 1.71. The van der Waals surface area contributed by atoms with Crippen molar-refractivity contribution in [3.8, 4) is 11.5 Å². The van der Waals surface area contributed by atoms with Crippen LogP contribution in [0.5, 0.6) is 11.5 Å². The molecule has 1 fully saturated rings. The summed E-state index contributed by atoms with van der Waals surface area (Å²) in [5.74, 6) is 2.58. The molecule has 2 unspecified atom stereocenters. The number of nitrogens with one attached hydrogen (secondary N) is 1. The minimum absolute atomic E-state index is 0.703. The molecule has 1 N–H and O–H groups in total. The van der Waals surface area contributed by atoms with Gasteiger partial charge in [-0.2, -0.15) is 0 Å². The predicted octanol–water partition coefficient (Wildman–Crippen LogP) is 3.63. The van der Waals surface area contributed by atoms with Crippen LogP contribution in [0.3, 0.4) is 0 Å². The van der Waals surface area contributed by atoms with Crippen molar-refractivity contribution in [2.45, 2.75) is 45.1 Å². The lowest BCUT2D eigenvalue weighted by atomic mass is 10.00. The Morgan fingerprint density at radius 2 is 1.90 bits per heavy atom. The van der Waals surface area contributed by atoms with Crippen molar-refractivity contribution in [2.75, 3.05) is 20.3 Å². The van der Waals surface area contributed by atoms with Crippen LogP contribution >= 0.6 is 0 Å². The predicted molar refractivity (Wildman–Crippen MR) is 82.5 cm³/mol. The highest BCUT2D eigenvalue weighted by Crippen LogP contribution is 2.28. The third-order valence-corrected chi connectivity index (χ3v) is 4.13. The fourth-order valence-corrected chi connectivity index (χ4v) is 2.98. The summed E-state index contributed by atoms with van der Waals surface area (Å²) in [6.07, 6.45) is 6.38. The fourth-order valence-electron chi connectivity index (χ4n) is 2.98. The Labute approximate surface area is 122 Å². The molecule has 3 nitrogen and oxygen atoms in total. The molecule has 2 rings (SSSR count). The van der Waals surface area contributed by atoms with Crippen LogP contribution in [0.4, 0.5) is 0 Å². The van der Waals surface area contributed by atoms with Crippen molar-refractivity contribution in [3.05, 3.63) is 24.3 Å². The van der Waals surface area contributed by atoms with Gasteiger partial charge in [0.1, 0.15) is 11.5 Å². The number of methoxy groups -OCH3 is 1. The minimum atomic E-state index is 0.703. The van der Waals surface area contributed by atoms with E-state index in [1.165, 1.54) is 25.7 Å². The van der Waals surface area contributed by atoms with E-state index in [2.05, 4.69) is 12.2 Å². The minimum Gasteiger partial charge on any atom is -0.497 e. The van der Waals surface area contributed by atoms with Crippen molar-refractivity contribution in [1.29, 1.82) is 0 Å². The number of hydrogen-bond acceptors (Lipinski definition) is 3. The Morgan fingerprint density at radius 3 is 2.60 bits per heavy atom. The van der Waals surface area contributed by atoms with Gasteiger partial charge in [0, 0.05) is 6.04 Å². The maximum Gasteiger partial charge on any atom is 0.119 e. The summed E-state index contributed by atoms with van der Waals surface area (Å²) in [7, 11) is 1.68. The summed E-state index contributed by atoms with van der Waals surface area (Å²) in [5.41, 5.74) is 0. The molecule has 1 aromatic carbocycles. The van der Waals surface area contributed by atoms with E-state index in [4.69, 9.17) is 9.47 Å². The van der Waals surface area contributed by atoms with Crippen molar-refractivity contribution in [3.63, 3.8) is 0 Å². The molecule has 0 bridgehead atoms. The summed E-state index contributed by atoms with van der Waals surface area (Å²) >= 11 is 0. The number of ether oxygens (including phenoxy) is 2. The van der Waals surface area contributed by atoms with Crippen LogP contribution in [0, 0.1) is 5.92 Å². The van der Waals surface area contributed by atoms with Crippen molar-refractivity contribution < 1.29 is 9.47 Å². The highest BCUT2D eigenvalue weighted by atomic mass is 16.5. The molecule has 1 saturated carbocycles. The molecule has 1 aliphatic carbocycles. The highest BCUT2D eigenvalue weighted by Gasteiger charge is 2.26. The van der Waals surface area contributed by atoms with Gasteiger partial charge in [-0.25, -0.2) is 0 Å². The van der Waals surface area contributed by atoms with Crippen molar-refractivity contribution >= 4 is 0 Å². The maximum atomic E-state index is 5.84. The molecule has 1 aromatic rings. The van der Waals surface area contributed by atoms with Crippen LogP contribution in [0.25, 0.3) is 0 Å². The third kappa shape index (κ3) is 4.41. The standard InChI is InChI=1S/C17H27NO2/c1-3-12-18-17-6-4-5-14(17)11-13-20-16-9-7-15(19-2)8-10-16/h7-10,14,17-18H,3-6,11-13H2,1-2H3. The first-order valence-corrected chi connectivity index (χ1v) is 7.83. The monoisotopic (exact) mass is 277 g/mol. The average Bonchev–Trinajstić information content (AvgIpc) is 2.93. The molecular formula is C17H27NO2. The molecule has 20 heavy (non-hydrogen) atoms. The highest BCUT2D eigenvalue weighted by molar-refractivity contribution is 5.31. The Kier molecular flexibility index (Phi) is 6.19. The van der Waals surface area contributed by atoms with Gasteiger partial charge in [-0.1, -0.05) is 13.3 Å². The molecule has 1 aliphatic rings. The lowest BCUT2D eigenvalue weighted by molar-refractivity contribution is 0.260. The molecule has 0 aliphatic heterocycles. The van der Waals surface area contributed by atoms with E-state index >= 15 is 0 Å². The van der Waals surface area contributed by atoms with Crippen molar-refractivity contribution in [1.82, 2.24) is 5.32 Å². The number of rotatable bonds is 8. The largest absolute Gasteiger partial charge is 0.497 e. The Morgan fingerprint density at radius 1 is 1.15 bits per heavy atom. The molecule has 3 heteroatoms. The van der Waals surface area contributed by atoms with Crippen LogP contribution < -0.4 is 14.8 Å². The zero-order valence-corrected chi connectivity index (χ0v) is 12.7. The quantitative estimate of drug-likeness (QED) is 0.787. The molecule has 0 saturated heterocycles. The van der Waals surface area contributed by atoms with Crippen molar-refractivity contribution in [2.24, 2.45) is 5.92 Å². The van der Waals surface area contributed by atoms with Gasteiger partial charge in [0.15, 0.2) is 0 Å². The maximum absolute atomic E-state index is 5.84. The van der Waals surface area contributed by atoms with E-state index < -0.39 is 0 Å². The molecule has 0 radical (unpaired) electrons. The van der Waals surface area contributed by atoms with Gasteiger partial charge in [0.25, 0.3) is 0 Å². The first-order chi connectivity index (χ1) is 9.83. The zero-order chi connectivity index (χ0) is 14.2. The van der Waals surface area contributed by atoms with E-state index in [1.54, 1.807) is 7.11 Å². The van der Waals surface area contributed by atoms with Gasteiger partial charge in [-0.05, 0) is 62.4 Å². The molecule has 112 valence electrons. The summed E-state index contributed by atoms with van der Waals surface area (Å²) < 4.78 is 11.0. The molecule has 0 heterocycles. The van der Waals surface area contributed by atoms with Gasteiger partial charge >= 0.3 is 0 Å². The van der Waals surface area contributed by atoms with E-state index in [9.17, 15) is 0 Å². The lowest BCUT2D eigenvalue weighted by Gasteiger charge is -2.21. The van der Waals surface area contributed by atoms with E-state index in [0.717, 1.165) is 37.0 Å². The summed E-state index contributed by atoms with van der Waals surface area (Å²) in [6, 6.07) is 8.53. The summed E-state index contributed by atoms with van der Waals surface area (Å²) in [4.78, 5) is 0. The van der Waals surface area contributed by atoms with Gasteiger partial charge < -0.3 is 14.8 Å². The second kappa shape index (κ2) is 8.15. The van der Waals surface area contributed by atoms with Crippen LogP contribution in [0.15, 0.2) is 24.3 Å². The van der Waals surface area contributed by atoms with Gasteiger partial charge in [0.05, 0.1) is 13.7 Å².